The third kappa shape index (κ3) is 18.9. The molecule has 2 N–H and O–H groups in total. The molecule has 1 atom stereocenters. The summed E-state index contributed by atoms with van der Waals surface area (Å²) in [5.41, 5.74) is -0.826. The van der Waals surface area contributed by atoms with Crippen molar-refractivity contribution in [2.24, 2.45) is 0 Å². The summed E-state index contributed by atoms with van der Waals surface area (Å²) in [4.78, 5) is 11.7. The molecular weight excluding hydrogens is 346 g/mol. The Morgan fingerprint density at radius 1 is 0.821 bits per heavy atom. The van der Waals surface area contributed by atoms with Gasteiger partial charge in [0.15, 0.2) is 0 Å². The molecule has 0 bridgehead atoms. The van der Waals surface area contributed by atoms with Crippen LogP contribution < -0.4 is 5.32 Å². The minimum absolute atomic E-state index is 0.145. The van der Waals surface area contributed by atoms with Crippen molar-refractivity contribution in [2.45, 2.75) is 84.2 Å². The fourth-order valence-electron chi connectivity index (χ4n) is 2.48. The smallest absolute Gasteiger partial charge is 0.243 e. The molecule has 0 fully saturated rings. The number of amides is 1. The molecule has 0 aromatic heterocycles. The van der Waals surface area contributed by atoms with Crippen molar-refractivity contribution in [3.05, 3.63) is 60.8 Å². The zero-order valence-electron chi connectivity index (χ0n) is 18.2. The van der Waals surface area contributed by atoms with Gasteiger partial charge in [0.2, 0.25) is 5.91 Å². The molecule has 0 aliphatic carbocycles. The van der Waals surface area contributed by atoms with Gasteiger partial charge in [-0.15, -0.1) is 0 Å². The Balaban J connectivity index is 3.80. The predicted octanol–water partition coefficient (Wildman–Crippen LogP) is 6.19. The second-order valence-corrected chi connectivity index (χ2v) is 7.42. The number of unbranched alkanes of at least 4 members (excludes halogenated alkanes) is 5. The van der Waals surface area contributed by atoms with Gasteiger partial charge in [0.1, 0.15) is 0 Å². The zero-order valence-corrected chi connectivity index (χ0v) is 18.2. The molecule has 0 saturated carbocycles. The molecule has 0 spiro atoms. The van der Waals surface area contributed by atoms with Gasteiger partial charge in [-0.25, -0.2) is 0 Å². The number of hydrogen-bond acceptors (Lipinski definition) is 2. The monoisotopic (exact) mass is 387 g/mol. The van der Waals surface area contributed by atoms with Crippen molar-refractivity contribution in [2.75, 3.05) is 6.54 Å². The zero-order chi connectivity index (χ0) is 20.9. The van der Waals surface area contributed by atoms with Gasteiger partial charge in [0.05, 0.1) is 5.60 Å². The number of carbonyl (C=O) groups excluding carboxylic acids is 1. The second-order valence-electron chi connectivity index (χ2n) is 7.42. The first-order valence-electron chi connectivity index (χ1n) is 10.8. The Morgan fingerprint density at radius 2 is 1.39 bits per heavy atom. The predicted molar refractivity (Wildman–Crippen MR) is 122 cm³/mol. The van der Waals surface area contributed by atoms with E-state index in [-0.39, 0.29) is 5.91 Å². The van der Waals surface area contributed by atoms with Crippen molar-refractivity contribution in [3.63, 3.8) is 0 Å². The van der Waals surface area contributed by atoms with Crippen LogP contribution in [0.5, 0.6) is 0 Å². The van der Waals surface area contributed by atoms with Crippen LogP contribution in [0.4, 0.5) is 0 Å². The Morgan fingerprint density at radius 3 is 2.04 bits per heavy atom. The lowest BCUT2D eigenvalue weighted by Gasteiger charge is -2.22. The first kappa shape index (κ1) is 26.1. The van der Waals surface area contributed by atoms with Gasteiger partial charge >= 0.3 is 0 Å². The summed E-state index contributed by atoms with van der Waals surface area (Å²) in [5.74, 6) is -0.145. The van der Waals surface area contributed by atoms with E-state index in [2.05, 4.69) is 43.5 Å². The van der Waals surface area contributed by atoms with Crippen LogP contribution in [0.1, 0.15) is 78.6 Å². The lowest BCUT2D eigenvalue weighted by Crippen LogP contribution is -2.39. The summed E-state index contributed by atoms with van der Waals surface area (Å²) in [7, 11) is 0. The van der Waals surface area contributed by atoms with E-state index in [1.165, 1.54) is 19.3 Å². The number of nitrogens with one attached hydrogen (secondary N) is 1. The normalized spacial score (nSPS) is 14.9. The van der Waals surface area contributed by atoms with Crippen molar-refractivity contribution < 1.29 is 9.90 Å². The fourth-order valence-corrected chi connectivity index (χ4v) is 2.48. The SMILES string of the molecule is CCCCCC=CC=CC=CC=CCCC=CC(=O)NCC(C)(O)CCCC. The van der Waals surface area contributed by atoms with Crippen LogP contribution in [-0.2, 0) is 4.79 Å². The highest BCUT2D eigenvalue weighted by molar-refractivity contribution is 5.87. The molecule has 0 radical (unpaired) electrons. The van der Waals surface area contributed by atoms with Crippen molar-refractivity contribution >= 4 is 5.91 Å². The quantitative estimate of drug-likeness (QED) is 0.189. The highest BCUT2D eigenvalue weighted by Crippen LogP contribution is 2.12. The summed E-state index contributed by atoms with van der Waals surface area (Å²) in [6.07, 6.45) is 29.4. The van der Waals surface area contributed by atoms with Crippen LogP contribution in [0.25, 0.3) is 0 Å². The standard InChI is InChI=1S/C25H41NO2/c1-4-6-8-9-10-11-12-13-14-15-16-17-18-19-20-21-24(27)26-23-25(3,28)22-7-5-2/h10-17,20-21,28H,4-9,18-19,22-23H2,1-3H3,(H,26,27). The van der Waals surface area contributed by atoms with Gasteiger partial charge in [-0.05, 0) is 45.1 Å². The highest BCUT2D eigenvalue weighted by Gasteiger charge is 2.19. The molecule has 0 heterocycles. The highest BCUT2D eigenvalue weighted by atomic mass is 16.3. The maximum absolute atomic E-state index is 11.7. The average molecular weight is 388 g/mol. The average Bonchev–Trinajstić information content (AvgIpc) is 2.68. The van der Waals surface area contributed by atoms with Crippen LogP contribution in [-0.4, -0.2) is 23.2 Å². The van der Waals surface area contributed by atoms with Gasteiger partial charge in [-0.2, -0.15) is 0 Å². The van der Waals surface area contributed by atoms with Gasteiger partial charge in [-0.1, -0.05) is 94.2 Å². The van der Waals surface area contributed by atoms with E-state index in [0.29, 0.717) is 13.0 Å². The van der Waals surface area contributed by atoms with E-state index in [1.807, 2.05) is 30.4 Å². The number of rotatable bonds is 16. The van der Waals surface area contributed by atoms with Crippen LogP contribution in [0.2, 0.25) is 0 Å². The first-order valence-corrected chi connectivity index (χ1v) is 10.8. The van der Waals surface area contributed by atoms with Crippen molar-refractivity contribution in [3.8, 4) is 0 Å². The van der Waals surface area contributed by atoms with Crippen LogP contribution in [0.15, 0.2) is 60.8 Å². The van der Waals surface area contributed by atoms with E-state index in [4.69, 9.17) is 0 Å². The van der Waals surface area contributed by atoms with E-state index < -0.39 is 5.60 Å². The molecule has 3 heteroatoms. The Hall–Kier alpha value is -1.87. The molecule has 158 valence electrons. The maximum Gasteiger partial charge on any atom is 0.243 e. The summed E-state index contributed by atoms with van der Waals surface area (Å²) < 4.78 is 0. The van der Waals surface area contributed by atoms with E-state index in [0.717, 1.165) is 32.1 Å². The topological polar surface area (TPSA) is 49.3 Å². The molecular formula is C25H41NO2. The van der Waals surface area contributed by atoms with Gasteiger partial charge in [-0.3, -0.25) is 4.79 Å². The van der Waals surface area contributed by atoms with Crippen LogP contribution in [0, 0.1) is 0 Å². The molecule has 0 aliphatic heterocycles. The fraction of sp³-hybridized carbons (Fsp3) is 0.560. The lowest BCUT2D eigenvalue weighted by atomic mass is 9.99. The van der Waals surface area contributed by atoms with Crippen molar-refractivity contribution in [1.29, 1.82) is 0 Å². The third-order valence-corrected chi connectivity index (χ3v) is 4.28. The number of aliphatic hydroxyl groups is 1. The lowest BCUT2D eigenvalue weighted by molar-refractivity contribution is -0.117. The number of allylic oxidation sites excluding steroid dienone is 9. The number of hydrogen-bond donors (Lipinski definition) is 2. The molecule has 1 unspecified atom stereocenters. The van der Waals surface area contributed by atoms with Gasteiger partial charge < -0.3 is 10.4 Å². The van der Waals surface area contributed by atoms with Crippen molar-refractivity contribution in [1.82, 2.24) is 5.32 Å². The molecule has 0 saturated heterocycles. The third-order valence-electron chi connectivity index (χ3n) is 4.28. The summed E-state index contributed by atoms with van der Waals surface area (Å²) in [5, 5.41) is 12.9. The van der Waals surface area contributed by atoms with E-state index >= 15 is 0 Å². The first-order chi connectivity index (χ1) is 13.5. The number of carbonyl (C=O) groups is 1. The summed E-state index contributed by atoms with van der Waals surface area (Å²) >= 11 is 0. The van der Waals surface area contributed by atoms with Crippen LogP contribution in [0.3, 0.4) is 0 Å². The van der Waals surface area contributed by atoms with Crippen LogP contribution >= 0.6 is 0 Å². The Bertz CT molecular complexity index is 525. The summed E-state index contributed by atoms with van der Waals surface area (Å²) in [6.45, 7) is 6.37. The molecule has 0 aromatic rings. The second kappa shape index (κ2) is 18.5. The summed E-state index contributed by atoms with van der Waals surface area (Å²) in [6, 6.07) is 0. The van der Waals surface area contributed by atoms with Gasteiger partial charge in [0, 0.05) is 6.54 Å². The molecule has 0 aromatic carbocycles. The largest absolute Gasteiger partial charge is 0.388 e. The minimum atomic E-state index is -0.826. The molecule has 28 heavy (non-hydrogen) atoms. The molecule has 3 nitrogen and oxygen atoms in total. The van der Waals surface area contributed by atoms with Gasteiger partial charge in [0.25, 0.3) is 0 Å². The van der Waals surface area contributed by atoms with E-state index in [9.17, 15) is 9.90 Å². The Kier molecular flexibility index (Phi) is 17.3. The maximum atomic E-state index is 11.7. The van der Waals surface area contributed by atoms with E-state index in [1.54, 1.807) is 13.0 Å². The Labute approximate surface area is 173 Å². The minimum Gasteiger partial charge on any atom is -0.388 e. The molecule has 0 aliphatic rings. The molecule has 1 amide bonds. The molecule has 0 rings (SSSR count).